The van der Waals surface area contributed by atoms with Crippen LogP contribution in [-0.2, 0) is 16.1 Å². The van der Waals surface area contributed by atoms with Gasteiger partial charge >= 0.3 is 0 Å². The molecule has 0 aliphatic carbocycles. The minimum Gasteiger partial charge on any atom is -0.493 e. The number of hydrogen-bond acceptors (Lipinski definition) is 6. The van der Waals surface area contributed by atoms with Gasteiger partial charge in [0, 0.05) is 5.39 Å². The Labute approximate surface area is 200 Å². The van der Waals surface area contributed by atoms with Gasteiger partial charge in [-0.15, -0.1) is 10.2 Å². The van der Waals surface area contributed by atoms with Crippen LogP contribution in [-0.4, -0.2) is 40.7 Å². The van der Waals surface area contributed by atoms with Crippen molar-refractivity contribution in [2.75, 3.05) is 13.2 Å². The van der Waals surface area contributed by atoms with Crippen molar-refractivity contribution < 1.29 is 24.2 Å². The van der Waals surface area contributed by atoms with Gasteiger partial charge < -0.3 is 24.5 Å². The second kappa shape index (κ2) is 9.68. The molecule has 3 aromatic carbocycles. The first-order valence-corrected chi connectivity index (χ1v) is 11.0. The molecule has 4 aromatic rings. The number of amides is 2. The van der Waals surface area contributed by atoms with Crippen molar-refractivity contribution in [2.24, 2.45) is 10.2 Å². The van der Waals surface area contributed by atoms with Crippen molar-refractivity contribution in [1.82, 2.24) is 9.88 Å². The van der Waals surface area contributed by atoms with E-state index in [1.165, 1.54) is 0 Å². The largest absolute Gasteiger partial charge is 0.493 e. The molecule has 0 bridgehead atoms. The van der Waals surface area contributed by atoms with E-state index in [0.717, 1.165) is 11.1 Å². The number of ether oxygens (including phenoxy) is 2. The molecule has 0 radical (unpaired) electrons. The summed E-state index contributed by atoms with van der Waals surface area (Å²) in [7, 11) is 0. The zero-order chi connectivity index (χ0) is 24.2. The Hall–Kier alpha value is -4.66. The van der Waals surface area contributed by atoms with Crippen LogP contribution in [0.15, 0.2) is 89.1 Å². The number of carbonyl (C=O) groups is 2. The highest BCUT2D eigenvalue weighted by atomic mass is 16.6. The number of nitrogens with one attached hydrogen (secondary N) is 1. The monoisotopic (exact) mass is 470 g/mol. The Morgan fingerprint density at radius 2 is 1.69 bits per heavy atom. The lowest BCUT2D eigenvalue weighted by atomic mass is 10.2. The lowest BCUT2D eigenvalue weighted by Crippen LogP contribution is -2.45. The SMILES string of the molecule is O=C(CNC(=O)C1COc2ccccc2O1)N=Nc1c(O)n(Cc2ccccc2)c2ccccc12. The highest BCUT2D eigenvalue weighted by Gasteiger charge is 2.27. The van der Waals surface area contributed by atoms with Crippen LogP contribution in [0.5, 0.6) is 17.4 Å². The summed E-state index contributed by atoms with van der Waals surface area (Å²) in [4.78, 5) is 24.7. The number of fused-ring (bicyclic) bond motifs is 2. The van der Waals surface area contributed by atoms with E-state index in [9.17, 15) is 14.7 Å². The van der Waals surface area contributed by atoms with Gasteiger partial charge in [0.1, 0.15) is 13.2 Å². The first-order valence-electron chi connectivity index (χ1n) is 11.0. The van der Waals surface area contributed by atoms with Gasteiger partial charge in [0.15, 0.2) is 17.2 Å². The van der Waals surface area contributed by atoms with Gasteiger partial charge in [0.05, 0.1) is 12.1 Å². The van der Waals surface area contributed by atoms with Crippen molar-refractivity contribution in [3.05, 3.63) is 84.4 Å². The summed E-state index contributed by atoms with van der Waals surface area (Å²) in [5.74, 6) is -0.234. The maximum Gasteiger partial charge on any atom is 0.283 e. The minimum absolute atomic E-state index is 0.0351. The standard InChI is InChI=1S/C26H22N4O5/c31-23(14-27-25(32)22-16-34-20-12-6-7-13-21(20)35-22)28-29-24-18-10-4-5-11-19(18)30(26(24)33)15-17-8-2-1-3-9-17/h1-13,22,33H,14-16H2,(H,27,32). The van der Waals surface area contributed by atoms with E-state index in [4.69, 9.17) is 9.47 Å². The number of rotatable bonds is 6. The summed E-state index contributed by atoms with van der Waals surface area (Å²) < 4.78 is 12.9. The third-order valence-electron chi connectivity index (χ3n) is 5.58. The lowest BCUT2D eigenvalue weighted by molar-refractivity contribution is -0.132. The molecule has 0 saturated heterocycles. The van der Waals surface area contributed by atoms with Crippen LogP contribution in [0.3, 0.4) is 0 Å². The Kier molecular flexibility index (Phi) is 6.13. The van der Waals surface area contributed by atoms with Gasteiger partial charge in [-0.05, 0) is 23.8 Å². The van der Waals surface area contributed by atoms with E-state index in [0.29, 0.717) is 23.4 Å². The number of carbonyl (C=O) groups excluding carboxylic acids is 2. The Morgan fingerprint density at radius 3 is 2.51 bits per heavy atom. The van der Waals surface area contributed by atoms with Crippen molar-refractivity contribution in [2.45, 2.75) is 12.6 Å². The smallest absolute Gasteiger partial charge is 0.283 e. The molecule has 9 heteroatoms. The number of hydrogen-bond donors (Lipinski definition) is 2. The summed E-state index contributed by atoms with van der Waals surface area (Å²) in [6.45, 7) is 0.0971. The van der Waals surface area contributed by atoms with Crippen LogP contribution in [0.1, 0.15) is 5.56 Å². The van der Waals surface area contributed by atoms with E-state index >= 15 is 0 Å². The van der Waals surface area contributed by atoms with Crippen LogP contribution < -0.4 is 14.8 Å². The molecule has 176 valence electrons. The normalized spacial score (nSPS) is 14.8. The highest BCUT2D eigenvalue weighted by Crippen LogP contribution is 2.39. The molecule has 2 N–H and O–H groups in total. The Morgan fingerprint density at radius 1 is 0.971 bits per heavy atom. The summed E-state index contributed by atoms with van der Waals surface area (Å²) in [5.41, 5.74) is 1.96. The molecule has 1 aromatic heterocycles. The maximum atomic E-state index is 12.4. The Bertz CT molecular complexity index is 1410. The predicted molar refractivity (Wildman–Crippen MR) is 128 cm³/mol. The molecular formula is C26H22N4O5. The van der Waals surface area contributed by atoms with Gasteiger partial charge in [-0.1, -0.05) is 60.7 Å². The molecule has 1 unspecified atom stereocenters. The molecule has 2 heterocycles. The second-order valence-corrected chi connectivity index (χ2v) is 7.94. The molecule has 1 aliphatic heterocycles. The summed E-state index contributed by atoms with van der Waals surface area (Å²) in [5, 5.41) is 21.7. The molecule has 9 nitrogen and oxygen atoms in total. The first-order chi connectivity index (χ1) is 17.1. The fraction of sp³-hybridized carbons (Fsp3) is 0.154. The van der Waals surface area contributed by atoms with E-state index in [2.05, 4.69) is 15.5 Å². The maximum absolute atomic E-state index is 12.4. The summed E-state index contributed by atoms with van der Waals surface area (Å²) in [6.07, 6.45) is -0.880. The quantitative estimate of drug-likeness (QED) is 0.414. The van der Waals surface area contributed by atoms with Gasteiger partial charge in [-0.2, -0.15) is 0 Å². The van der Waals surface area contributed by atoms with E-state index in [1.807, 2.05) is 54.6 Å². The van der Waals surface area contributed by atoms with Gasteiger partial charge in [-0.25, -0.2) is 0 Å². The molecule has 1 aliphatic rings. The van der Waals surface area contributed by atoms with E-state index in [-0.39, 0.29) is 24.7 Å². The van der Waals surface area contributed by atoms with Crippen molar-refractivity contribution >= 4 is 28.4 Å². The zero-order valence-corrected chi connectivity index (χ0v) is 18.6. The third kappa shape index (κ3) is 4.70. The fourth-order valence-electron chi connectivity index (χ4n) is 3.86. The average Bonchev–Trinajstić information content (AvgIpc) is 3.16. The Balaban J connectivity index is 1.26. The number of azo groups is 1. The third-order valence-corrected chi connectivity index (χ3v) is 5.58. The van der Waals surface area contributed by atoms with Crippen molar-refractivity contribution in [1.29, 1.82) is 0 Å². The van der Waals surface area contributed by atoms with Gasteiger partial charge in [-0.3, -0.25) is 9.59 Å². The lowest BCUT2D eigenvalue weighted by Gasteiger charge is -2.25. The molecule has 0 spiro atoms. The van der Waals surface area contributed by atoms with Crippen LogP contribution in [0.25, 0.3) is 10.9 Å². The molecule has 2 amide bonds. The molecule has 35 heavy (non-hydrogen) atoms. The molecule has 0 fully saturated rings. The van der Waals surface area contributed by atoms with Crippen LogP contribution in [0.4, 0.5) is 5.69 Å². The first kappa shape index (κ1) is 22.1. The number of benzene rings is 3. The highest BCUT2D eigenvalue weighted by molar-refractivity contribution is 5.95. The average molecular weight is 470 g/mol. The predicted octanol–water partition coefficient (Wildman–Crippen LogP) is 3.96. The summed E-state index contributed by atoms with van der Waals surface area (Å²) >= 11 is 0. The molecular weight excluding hydrogens is 448 g/mol. The number of nitrogens with zero attached hydrogens (tertiary/aromatic N) is 3. The van der Waals surface area contributed by atoms with E-state index in [1.54, 1.807) is 28.8 Å². The van der Waals surface area contributed by atoms with Crippen molar-refractivity contribution in [3.8, 4) is 17.4 Å². The summed E-state index contributed by atoms with van der Waals surface area (Å²) in [6, 6.07) is 24.1. The minimum atomic E-state index is -0.880. The van der Waals surface area contributed by atoms with E-state index < -0.39 is 17.9 Å². The topological polar surface area (TPSA) is 115 Å². The second-order valence-electron chi connectivity index (χ2n) is 7.94. The van der Waals surface area contributed by atoms with Gasteiger partial charge in [0.2, 0.25) is 12.0 Å². The fourth-order valence-corrected chi connectivity index (χ4v) is 3.86. The molecule has 1 atom stereocenters. The van der Waals surface area contributed by atoms with Crippen LogP contribution in [0, 0.1) is 0 Å². The number of aromatic nitrogens is 1. The number of para-hydroxylation sites is 3. The molecule has 0 saturated carbocycles. The van der Waals surface area contributed by atoms with Crippen LogP contribution >= 0.6 is 0 Å². The number of aromatic hydroxyl groups is 1. The van der Waals surface area contributed by atoms with Crippen LogP contribution in [0.2, 0.25) is 0 Å². The molecule has 5 rings (SSSR count). The van der Waals surface area contributed by atoms with Crippen molar-refractivity contribution in [3.63, 3.8) is 0 Å². The zero-order valence-electron chi connectivity index (χ0n) is 18.6. The van der Waals surface area contributed by atoms with Gasteiger partial charge in [0.25, 0.3) is 11.8 Å².